The van der Waals surface area contributed by atoms with E-state index in [1.807, 2.05) is 42.5 Å². The number of nitrogens with one attached hydrogen (secondary N) is 1. The van der Waals surface area contributed by atoms with Crippen molar-refractivity contribution in [2.24, 2.45) is 0 Å². The van der Waals surface area contributed by atoms with Crippen molar-refractivity contribution >= 4 is 34.3 Å². The molecular formula is C24H29N3O2S. The Bertz CT molecular complexity index is 1080. The Morgan fingerprint density at radius 2 is 1.80 bits per heavy atom. The third kappa shape index (κ3) is 5.30. The maximum absolute atomic E-state index is 12.9. The molecule has 3 aromatic rings. The molecule has 1 heterocycles. The summed E-state index contributed by atoms with van der Waals surface area (Å²) < 4.78 is 1.70. The van der Waals surface area contributed by atoms with Gasteiger partial charge in [-0.25, -0.2) is 4.98 Å². The van der Waals surface area contributed by atoms with Gasteiger partial charge in [-0.1, -0.05) is 70.1 Å². The number of aromatic nitrogens is 2. The van der Waals surface area contributed by atoms with Crippen LogP contribution in [0.5, 0.6) is 0 Å². The fourth-order valence-corrected chi connectivity index (χ4v) is 3.98. The highest BCUT2D eigenvalue weighted by Crippen LogP contribution is 2.24. The zero-order valence-corrected chi connectivity index (χ0v) is 18.9. The summed E-state index contributed by atoms with van der Waals surface area (Å²) in [7, 11) is 0. The van der Waals surface area contributed by atoms with Crippen LogP contribution in [0.25, 0.3) is 10.9 Å². The van der Waals surface area contributed by atoms with Crippen molar-refractivity contribution in [1.29, 1.82) is 0 Å². The second-order valence-electron chi connectivity index (χ2n) is 8.39. The van der Waals surface area contributed by atoms with Crippen molar-refractivity contribution in [3.63, 3.8) is 0 Å². The molecule has 0 aliphatic heterocycles. The van der Waals surface area contributed by atoms with E-state index >= 15 is 0 Å². The molecule has 0 saturated heterocycles. The number of fused-ring (bicyclic) bond motifs is 1. The minimum atomic E-state index is -0.118. The fourth-order valence-electron chi connectivity index (χ4n) is 3.15. The molecule has 0 radical (unpaired) electrons. The van der Waals surface area contributed by atoms with Gasteiger partial charge in [-0.15, -0.1) is 0 Å². The van der Waals surface area contributed by atoms with Crippen LogP contribution in [-0.2, 0) is 16.8 Å². The molecule has 6 heteroatoms. The number of unbranched alkanes of at least 4 members (excludes halogenated alkanes) is 1. The number of nitrogens with zero attached hydrogens (tertiary/aromatic N) is 2. The molecule has 0 saturated carbocycles. The lowest BCUT2D eigenvalue weighted by atomic mass is 9.87. The third-order valence-electron chi connectivity index (χ3n) is 4.93. The number of hydrogen-bond donors (Lipinski definition) is 1. The van der Waals surface area contributed by atoms with Gasteiger partial charge >= 0.3 is 0 Å². The summed E-state index contributed by atoms with van der Waals surface area (Å²) in [5.41, 5.74) is 2.67. The molecule has 1 aromatic heterocycles. The third-order valence-corrected chi connectivity index (χ3v) is 5.91. The first kappa shape index (κ1) is 22.1. The topological polar surface area (TPSA) is 64.0 Å². The van der Waals surface area contributed by atoms with E-state index in [4.69, 9.17) is 0 Å². The van der Waals surface area contributed by atoms with Crippen LogP contribution in [-0.4, -0.2) is 21.2 Å². The first-order chi connectivity index (χ1) is 14.3. The Kier molecular flexibility index (Phi) is 6.98. The Balaban J connectivity index is 1.74. The van der Waals surface area contributed by atoms with E-state index in [9.17, 15) is 9.59 Å². The molecule has 0 fully saturated rings. The molecule has 0 aliphatic carbocycles. The summed E-state index contributed by atoms with van der Waals surface area (Å²) in [6, 6.07) is 15.3. The average molecular weight is 424 g/mol. The molecule has 1 amide bonds. The van der Waals surface area contributed by atoms with Crippen molar-refractivity contribution < 1.29 is 4.79 Å². The number of para-hydroxylation sites is 1. The summed E-state index contributed by atoms with van der Waals surface area (Å²) in [5, 5.41) is 4.13. The molecule has 0 unspecified atom stereocenters. The van der Waals surface area contributed by atoms with Crippen LogP contribution in [0.4, 0.5) is 5.69 Å². The Labute approximate surface area is 181 Å². The Hall–Kier alpha value is -2.60. The maximum Gasteiger partial charge on any atom is 0.262 e. The quantitative estimate of drug-likeness (QED) is 0.418. The minimum absolute atomic E-state index is 0.0465. The van der Waals surface area contributed by atoms with Gasteiger partial charge in [0.25, 0.3) is 5.56 Å². The molecule has 1 N–H and O–H groups in total. The van der Waals surface area contributed by atoms with Crippen molar-refractivity contribution in [3.8, 4) is 0 Å². The maximum atomic E-state index is 12.9. The first-order valence-corrected chi connectivity index (χ1v) is 11.3. The van der Waals surface area contributed by atoms with Gasteiger partial charge in [0.05, 0.1) is 16.7 Å². The summed E-state index contributed by atoms with van der Waals surface area (Å²) >= 11 is 1.30. The van der Waals surface area contributed by atoms with Crippen LogP contribution in [0.1, 0.15) is 46.1 Å². The first-order valence-electron chi connectivity index (χ1n) is 10.3. The highest BCUT2D eigenvalue weighted by atomic mass is 32.2. The normalized spacial score (nSPS) is 11.6. The van der Waals surface area contributed by atoms with Crippen LogP contribution in [0, 0.1) is 0 Å². The van der Waals surface area contributed by atoms with Crippen LogP contribution in [0.15, 0.2) is 58.5 Å². The van der Waals surface area contributed by atoms with Gasteiger partial charge in [-0.2, -0.15) is 0 Å². The van der Waals surface area contributed by atoms with Crippen LogP contribution in [0.3, 0.4) is 0 Å². The highest BCUT2D eigenvalue weighted by molar-refractivity contribution is 7.99. The van der Waals surface area contributed by atoms with Crippen molar-refractivity contribution in [3.05, 3.63) is 64.4 Å². The molecule has 0 bridgehead atoms. The number of anilines is 1. The number of benzene rings is 2. The fraction of sp³-hybridized carbons (Fsp3) is 0.375. The van der Waals surface area contributed by atoms with E-state index in [-0.39, 0.29) is 22.6 Å². The number of rotatable bonds is 7. The smallest absolute Gasteiger partial charge is 0.262 e. The summed E-state index contributed by atoms with van der Waals surface area (Å²) in [4.78, 5) is 30.1. The predicted molar refractivity (Wildman–Crippen MR) is 125 cm³/mol. The number of carbonyl (C=O) groups is 1. The van der Waals surface area contributed by atoms with Gasteiger partial charge in [0.1, 0.15) is 0 Å². The van der Waals surface area contributed by atoms with E-state index < -0.39 is 0 Å². The molecule has 2 aromatic carbocycles. The highest BCUT2D eigenvalue weighted by Gasteiger charge is 2.15. The lowest BCUT2D eigenvalue weighted by Gasteiger charge is -2.19. The van der Waals surface area contributed by atoms with Gasteiger partial charge in [-0.3, -0.25) is 14.2 Å². The largest absolute Gasteiger partial charge is 0.325 e. The summed E-state index contributed by atoms with van der Waals surface area (Å²) in [6.45, 7) is 9.17. The number of carbonyl (C=O) groups excluding carboxylic acids is 1. The van der Waals surface area contributed by atoms with Crippen LogP contribution < -0.4 is 10.9 Å². The zero-order chi connectivity index (χ0) is 21.7. The predicted octanol–water partition coefficient (Wildman–Crippen LogP) is 5.22. The van der Waals surface area contributed by atoms with Crippen LogP contribution >= 0.6 is 11.8 Å². The van der Waals surface area contributed by atoms with Gasteiger partial charge in [0.2, 0.25) is 5.91 Å². The van der Waals surface area contributed by atoms with Gasteiger partial charge in [0.15, 0.2) is 5.16 Å². The second kappa shape index (κ2) is 9.47. The van der Waals surface area contributed by atoms with Crippen molar-refractivity contribution in [2.45, 2.75) is 57.7 Å². The van der Waals surface area contributed by atoms with Gasteiger partial charge < -0.3 is 5.32 Å². The number of amides is 1. The van der Waals surface area contributed by atoms with Crippen LogP contribution in [0.2, 0.25) is 0 Å². The monoisotopic (exact) mass is 423 g/mol. The molecule has 30 heavy (non-hydrogen) atoms. The molecular weight excluding hydrogens is 394 g/mol. The average Bonchev–Trinajstić information content (AvgIpc) is 2.71. The lowest BCUT2D eigenvalue weighted by Crippen LogP contribution is -2.24. The van der Waals surface area contributed by atoms with E-state index in [2.05, 4.69) is 38.0 Å². The molecule has 3 rings (SSSR count). The molecule has 5 nitrogen and oxygen atoms in total. The van der Waals surface area contributed by atoms with Gasteiger partial charge in [0, 0.05) is 12.2 Å². The van der Waals surface area contributed by atoms with E-state index in [0.717, 1.165) is 18.5 Å². The van der Waals surface area contributed by atoms with E-state index in [1.54, 1.807) is 10.6 Å². The van der Waals surface area contributed by atoms with Crippen molar-refractivity contribution in [2.75, 3.05) is 11.1 Å². The van der Waals surface area contributed by atoms with E-state index in [1.165, 1.54) is 17.3 Å². The number of hydrogen-bond acceptors (Lipinski definition) is 4. The Morgan fingerprint density at radius 1 is 1.10 bits per heavy atom. The lowest BCUT2D eigenvalue weighted by molar-refractivity contribution is -0.113. The zero-order valence-electron chi connectivity index (χ0n) is 18.1. The molecule has 0 atom stereocenters. The summed E-state index contributed by atoms with van der Waals surface area (Å²) in [5.74, 6) is 0.0748. The van der Waals surface area contributed by atoms with E-state index in [0.29, 0.717) is 22.6 Å². The molecule has 0 spiro atoms. The van der Waals surface area contributed by atoms with Gasteiger partial charge in [-0.05, 0) is 41.7 Å². The number of thioether (sulfide) groups is 1. The van der Waals surface area contributed by atoms with Crippen molar-refractivity contribution in [1.82, 2.24) is 9.55 Å². The SMILES string of the molecule is CCCCn1c(SCC(=O)Nc2ccc(C(C)(C)C)cc2)nc2ccccc2c1=O. The Morgan fingerprint density at radius 3 is 2.47 bits per heavy atom. The minimum Gasteiger partial charge on any atom is -0.325 e. The second-order valence-corrected chi connectivity index (χ2v) is 9.33. The molecule has 158 valence electrons. The standard InChI is InChI=1S/C24H29N3O2S/c1-5-6-15-27-22(29)19-9-7-8-10-20(19)26-23(27)30-16-21(28)25-18-13-11-17(12-14-18)24(2,3)4/h7-14H,5-6,15-16H2,1-4H3,(H,25,28). The summed E-state index contributed by atoms with van der Waals surface area (Å²) in [6.07, 6.45) is 1.87. The molecule has 0 aliphatic rings.